The summed E-state index contributed by atoms with van der Waals surface area (Å²) in [5, 5.41) is 6.00. The highest BCUT2D eigenvalue weighted by molar-refractivity contribution is 5.73. The standard InChI is InChI=1S/C22H38N4O2/c1-17-13-18(2)16-26(15-17)12-6-11-23-22(27)24-14-21(25(3)4)19-7-9-20(28-5)10-8-19/h7-10,17-18,21H,6,11-16H2,1-5H3,(H2,23,24,27). The smallest absolute Gasteiger partial charge is 0.314 e. The molecular weight excluding hydrogens is 352 g/mol. The van der Waals surface area contributed by atoms with Crippen molar-refractivity contribution in [3.63, 3.8) is 0 Å². The van der Waals surface area contributed by atoms with Gasteiger partial charge in [0.05, 0.1) is 13.2 Å². The topological polar surface area (TPSA) is 56.8 Å². The molecule has 1 aliphatic rings. The molecule has 1 fully saturated rings. The molecule has 3 unspecified atom stereocenters. The van der Waals surface area contributed by atoms with E-state index in [0.717, 1.165) is 36.1 Å². The fourth-order valence-electron chi connectivity index (χ4n) is 4.16. The highest BCUT2D eigenvalue weighted by Gasteiger charge is 2.21. The second kappa shape index (κ2) is 11.3. The predicted octanol–water partition coefficient (Wildman–Crippen LogP) is 2.97. The zero-order chi connectivity index (χ0) is 20.5. The molecule has 0 radical (unpaired) electrons. The zero-order valence-electron chi connectivity index (χ0n) is 18.2. The van der Waals surface area contributed by atoms with E-state index < -0.39 is 0 Å². The molecule has 0 saturated carbocycles. The lowest BCUT2D eigenvalue weighted by Gasteiger charge is -2.34. The van der Waals surface area contributed by atoms with Crippen molar-refractivity contribution < 1.29 is 9.53 Å². The number of rotatable bonds is 9. The molecule has 1 aliphatic heterocycles. The Kier molecular flexibility index (Phi) is 9.06. The SMILES string of the molecule is COc1ccc(C(CNC(=O)NCCCN2CC(C)CC(C)C2)N(C)C)cc1. The van der Waals surface area contributed by atoms with Crippen LogP contribution in [-0.2, 0) is 0 Å². The van der Waals surface area contributed by atoms with Crippen LogP contribution < -0.4 is 15.4 Å². The van der Waals surface area contributed by atoms with E-state index >= 15 is 0 Å². The number of nitrogens with one attached hydrogen (secondary N) is 2. The van der Waals surface area contributed by atoms with E-state index in [1.54, 1.807) is 7.11 Å². The van der Waals surface area contributed by atoms with Gasteiger partial charge in [0.15, 0.2) is 0 Å². The van der Waals surface area contributed by atoms with Crippen LogP contribution in [0.5, 0.6) is 5.75 Å². The summed E-state index contributed by atoms with van der Waals surface area (Å²) in [5.41, 5.74) is 1.15. The van der Waals surface area contributed by atoms with E-state index in [1.807, 2.05) is 38.4 Å². The Morgan fingerprint density at radius 3 is 2.39 bits per heavy atom. The Hall–Kier alpha value is -1.79. The molecule has 2 amide bonds. The first-order chi connectivity index (χ1) is 13.4. The summed E-state index contributed by atoms with van der Waals surface area (Å²) in [4.78, 5) is 16.8. The summed E-state index contributed by atoms with van der Waals surface area (Å²) >= 11 is 0. The monoisotopic (exact) mass is 390 g/mol. The molecular formula is C22H38N4O2. The first kappa shape index (κ1) is 22.5. The average molecular weight is 391 g/mol. The summed E-state index contributed by atoms with van der Waals surface area (Å²) in [6, 6.07) is 8.02. The molecule has 1 saturated heterocycles. The fourth-order valence-corrected chi connectivity index (χ4v) is 4.16. The second-order valence-corrected chi connectivity index (χ2v) is 8.45. The Morgan fingerprint density at radius 2 is 1.82 bits per heavy atom. The van der Waals surface area contributed by atoms with E-state index in [4.69, 9.17) is 4.74 Å². The maximum absolute atomic E-state index is 12.2. The molecule has 0 bridgehead atoms. The van der Waals surface area contributed by atoms with Gasteiger partial charge in [-0.25, -0.2) is 4.79 Å². The van der Waals surface area contributed by atoms with Gasteiger partial charge in [-0.1, -0.05) is 26.0 Å². The van der Waals surface area contributed by atoms with Crippen molar-refractivity contribution in [1.82, 2.24) is 20.4 Å². The van der Waals surface area contributed by atoms with Crippen LogP contribution in [-0.4, -0.2) is 69.8 Å². The third kappa shape index (κ3) is 7.32. The number of amides is 2. The van der Waals surface area contributed by atoms with Gasteiger partial charge in [-0.2, -0.15) is 0 Å². The summed E-state index contributed by atoms with van der Waals surface area (Å²) in [6.07, 6.45) is 2.32. The molecule has 28 heavy (non-hydrogen) atoms. The van der Waals surface area contributed by atoms with Crippen LogP contribution in [0.2, 0.25) is 0 Å². The van der Waals surface area contributed by atoms with Gasteiger partial charge in [-0.05, 0) is 63.0 Å². The van der Waals surface area contributed by atoms with Gasteiger partial charge in [0.2, 0.25) is 0 Å². The molecule has 0 aromatic heterocycles. The summed E-state index contributed by atoms with van der Waals surface area (Å²) in [6.45, 7) is 9.36. The number of likely N-dealkylation sites (tertiary alicyclic amines) is 1. The number of benzene rings is 1. The Bertz CT molecular complexity index is 581. The van der Waals surface area contributed by atoms with E-state index in [9.17, 15) is 4.79 Å². The van der Waals surface area contributed by atoms with Crippen molar-refractivity contribution in [2.45, 2.75) is 32.7 Å². The van der Waals surface area contributed by atoms with Crippen LogP contribution in [0.15, 0.2) is 24.3 Å². The first-order valence-electron chi connectivity index (χ1n) is 10.4. The van der Waals surface area contributed by atoms with Crippen LogP contribution in [0.1, 0.15) is 38.3 Å². The second-order valence-electron chi connectivity index (χ2n) is 8.45. The number of methoxy groups -OCH3 is 1. The van der Waals surface area contributed by atoms with Gasteiger partial charge >= 0.3 is 6.03 Å². The lowest BCUT2D eigenvalue weighted by molar-refractivity contribution is 0.139. The number of hydrogen-bond acceptors (Lipinski definition) is 4. The van der Waals surface area contributed by atoms with E-state index in [1.165, 1.54) is 19.5 Å². The van der Waals surface area contributed by atoms with Crippen molar-refractivity contribution in [2.75, 3.05) is 53.9 Å². The van der Waals surface area contributed by atoms with Crippen LogP contribution in [0.4, 0.5) is 4.79 Å². The van der Waals surface area contributed by atoms with Crippen LogP contribution in [0, 0.1) is 11.8 Å². The number of carbonyl (C=O) groups excluding carboxylic acids is 1. The van der Waals surface area contributed by atoms with Crippen molar-refractivity contribution in [3.8, 4) is 5.75 Å². The number of piperidine rings is 1. The first-order valence-corrected chi connectivity index (χ1v) is 10.4. The minimum Gasteiger partial charge on any atom is -0.497 e. The Balaban J connectivity index is 1.69. The maximum atomic E-state index is 12.2. The van der Waals surface area contributed by atoms with Crippen molar-refractivity contribution in [1.29, 1.82) is 0 Å². The molecule has 6 nitrogen and oxygen atoms in total. The fraction of sp³-hybridized carbons (Fsp3) is 0.682. The summed E-state index contributed by atoms with van der Waals surface area (Å²) in [7, 11) is 5.71. The summed E-state index contributed by atoms with van der Waals surface area (Å²) < 4.78 is 5.22. The minimum atomic E-state index is -0.0965. The van der Waals surface area contributed by atoms with Crippen LogP contribution in [0.3, 0.4) is 0 Å². The third-order valence-electron chi connectivity index (χ3n) is 5.46. The average Bonchev–Trinajstić information content (AvgIpc) is 2.65. The van der Waals surface area contributed by atoms with Gasteiger partial charge in [0, 0.05) is 26.2 Å². The molecule has 1 aromatic carbocycles. The molecule has 1 heterocycles. The van der Waals surface area contributed by atoms with E-state index in [-0.39, 0.29) is 12.1 Å². The predicted molar refractivity (Wildman–Crippen MR) is 115 cm³/mol. The highest BCUT2D eigenvalue weighted by atomic mass is 16.5. The number of ether oxygens (including phenoxy) is 1. The number of nitrogens with zero attached hydrogens (tertiary/aromatic N) is 2. The lowest BCUT2D eigenvalue weighted by atomic mass is 9.92. The van der Waals surface area contributed by atoms with E-state index in [0.29, 0.717) is 13.1 Å². The van der Waals surface area contributed by atoms with E-state index in [2.05, 4.69) is 34.3 Å². The molecule has 3 atom stereocenters. The summed E-state index contributed by atoms with van der Waals surface area (Å²) in [5.74, 6) is 2.39. The molecule has 0 aliphatic carbocycles. The zero-order valence-corrected chi connectivity index (χ0v) is 18.2. The van der Waals surface area contributed by atoms with Gasteiger partial charge in [-0.15, -0.1) is 0 Å². The number of urea groups is 1. The Morgan fingerprint density at radius 1 is 1.18 bits per heavy atom. The molecule has 2 rings (SSSR count). The van der Waals surface area contributed by atoms with Crippen LogP contribution >= 0.6 is 0 Å². The minimum absolute atomic E-state index is 0.0965. The van der Waals surface area contributed by atoms with Gasteiger partial charge in [0.1, 0.15) is 5.75 Å². The molecule has 158 valence electrons. The van der Waals surface area contributed by atoms with Crippen molar-refractivity contribution in [3.05, 3.63) is 29.8 Å². The molecule has 0 spiro atoms. The molecule has 1 aromatic rings. The van der Waals surface area contributed by atoms with Crippen molar-refractivity contribution >= 4 is 6.03 Å². The largest absolute Gasteiger partial charge is 0.497 e. The third-order valence-corrected chi connectivity index (χ3v) is 5.46. The van der Waals surface area contributed by atoms with Gasteiger partial charge < -0.3 is 25.2 Å². The van der Waals surface area contributed by atoms with Gasteiger partial charge in [-0.3, -0.25) is 0 Å². The lowest BCUT2D eigenvalue weighted by Crippen LogP contribution is -2.42. The number of likely N-dealkylation sites (N-methyl/N-ethyl adjacent to an activating group) is 1. The Labute approximate surface area is 170 Å². The van der Waals surface area contributed by atoms with Crippen LogP contribution in [0.25, 0.3) is 0 Å². The number of carbonyl (C=O) groups is 1. The normalized spacial score (nSPS) is 21.4. The highest BCUT2D eigenvalue weighted by Crippen LogP contribution is 2.21. The molecule has 6 heteroatoms. The molecule has 2 N–H and O–H groups in total. The number of hydrogen-bond donors (Lipinski definition) is 2. The maximum Gasteiger partial charge on any atom is 0.314 e. The van der Waals surface area contributed by atoms with Gasteiger partial charge in [0.25, 0.3) is 0 Å². The quantitative estimate of drug-likeness (QED) is 0.637. The van der Waals surface area contributed by atoms with Crippen molar-refractivity contribution in [2.24, 2.45) is 11.8 Å².